The van der Waals surface area contributed by atoms with Gasteiger partial charge in [-0.15, -0.1) is 0 Å². The Hall–Kier alpha value is -1.92. The normalized spacial score (nSPS) is 20.8. The molecule has 28 heavy (non-hydrogen) atoms. The Morgan fingerprint density at radius 1 is 1.00 bits per heavy atom. The van der Waals surface area contributed by atoms with E-state index in [1.807, 2.05) is 41.5 Å². The van der Waals surface area contributed by atoms with Crippen LogP contribution in [0.5, 0.6) is 5.75 Å². The lowest BCUT2D eigenvalue weighted by atomic mass is 10.0. The molecule has 0 spiro atoms. The molecule has 1 aromatic rings. The van der Waals surface area contributed by atoms with Crippen LogP contribution in [0.4, 0.5) is 18.0 Å². The monoisotopic (exact) mass is 401 g/mol. The third-order valence-corrected chi connectivity index (χ3v) is 4.52. The highest BCUT2D eigenvalue weighted by molar-refractivity contribution is 5.69. The first-order valence-corrected chi connectivity index (χ1v) is 9.53. The molecular formula is C21H30F3NO3. The largest absolute Gasteiger partial charge is 0.490 e. The van der Waals surface area contributed by atoms with Crippen molar-refractivity contribution in [2.24, 2.45) is 0 Å². The summed E-state index contributed by atoms with van der Waals surface area (Å²) in [6.07, 6.45) is -2.80. The van der Waals surface area contributed by atoms with Crippen molar-refractivity contribution < 1.29 is 27.4 Å². The lowest BCUT2D eigenvalue weighted by molar-refractivity contribution is -0.137. The van der Waals surface area contributed by atoms with Gasteiger partial charge in [-0.25, -0.2) is 4.79 Å². The second kappa shape index (κ2) is 7.84. The van der Waals surface area contributed by atoms with Gasteiger partial charge in [0.1, 0.15) is 17.5 Å². The van der Waals surface area contributed by atoms with Gasteiger partial charge in [0, 0.05) is 18.0 Å². The van der Waals surface area contributed by atoms with Gasteiger partial charge in [0.2, 0.25) is 0 Å². The molecule has 2 rings (SSSR count). The maximum Gasteiger partial charge on any atom is 0.416 e. The van der Waals surface area contributed by atoms with Crippen molar-refractivity contribution in [1.29, 1.82) is 0 Å². The number of ether oxygens (including phenoxy) is 2. The second-order valence-electron chi connectivity index (χ2n) is 9.25. The number of rotatable bonds is 3. The summed E-state index contributed by atoms with van der Waals surface area (Å²) in [5, 5.41) is 0. The van der Waals surface area contributed by atoms with E-state index in [2.05, 4.69) is 0 Å². The molecule has 4 nitrogen and oxygen atoms in total. The molecule has 1 aliphatic carbocycles. The van der Waals surface area contributed by atoms with Crippen molar-refractivity contribution in [1.82, 2.24) is 4.90 Å². The maximum atomic E-state index is 12.7. The van der Waals surface area contributed by atoms with Crippen molar-refractivity contribution in [2.75, 3.05) is 0 Å². The van der Waals surface area contributed by atoms with Crippen LogP contribution in [-0.2, 0) is 10.9 Å². The van der Waals surface area contributed by atoms with Gasteiger partial charge in [-0.1, -0.05) is 0 Å². The van der Waals surface area contributed by atoms with Crippen LogP contribution in [0.3, 0.4) is 0 Å². The van der Waals surface area contributed by atoms with Crippen LogP contribution in [0.2, 0.25) is 0 Å². The van der Waals surface area contributed by atoms with E-state index in [1.54, 1.807) is 4.90 Å². The number of carbonyl (C=O) groups excluding carboxylic acids is 1. The predicted molar refractivity (Wildman–Crippen MR) is 101 cm³/mol. The zero-order valence-corrected chi connectivity index (χ0v) is 17.4. The first kappa shape index (κ1) is 22.4. The van der Waals surface area contributed by atoms with Gasteiger partial charge < -0.3 is 14.4 Å². The topological polar surface area (TPSA) is 38.8 Å². The Bertz CT molecular complexity index is 672. The fourth-order valence-electron chi connectivity index (χ4n) is 3.46. The number of hydrogen-bond acceptors (Lipinski definition) is 3. The highest BCUT2D eigenvalue weighted by Crippen LogP contribution is 2.34. The molecule has 1 aliphatic rings. The molecule has 0 saturated heterocycles. The lowest BCUT2D eigenvalue weighted by Gasteiger charge is -2.41. The minimum Gasteiger partial charge on any atom is -0.490 e. The molecule has 7 heteroatoms. The van der Waals surface area contributed by atoms with E-state index in [0.29, 0.717) is 12.2 Å². The summed E-state index contributed by atoms with van der Waals surface area (Å²) in [7, 11) is 0. The minimum absolute atomic E-state index is 0.0469. The lowest BCUT2D eigenvalue weighted by Crippen LogP contribution is -2.52. The Balaban J connectivity index is 2.05. The van der Waals surface area contributed by atoms with Gasteiger partial charge in [0.15, 0.2) is 0 Å². The van der Waals surface area contributed by atoms with E-state index in [9.17, 15) is 18.0 Å². The maximum absolute atomic E-state index is 12.7. The molecule has 1 aromatic carbocycles. The molecule has 1 saturated carbocycles. The van der Waals surface area contributed by atoms with Gasteiger partial charge in [-0.3, -0.25) is 0 Å². The fourth-order valence-corrected chi connectivity index (χ4v) is 3.46. The second-order valence-corrected chi connectivity index (χ2v) is 9.25. The van der Waals surface area contributed by atoms with Crippen LogP contribution in [0.1, 0.15) is 66.4 Å². The highest BCUT2D eigenvalue weighted by Gasteiger charge is 2.40. The first-order valence-electron chi connectivity index (χ1n) is 9.53. The molecule has 2 atom stereocenters. The first-order chi connectivity index (χ1) is 12.7. The summed E-state index contributed by atoms with van der Waals surface area (Å²) in [5.41, 5.74) is -1.71. The number of halogens is 3. The van der Waals surface area contributed by atoms with Crippen LogP contribution in [0, 0.1) is 0 Å². The van der Waals surface area contributed by atoms with Crippen LogP contribution < -0.4 is 4.74 Å². The van der Waals surface area contributed by atoms with Crippen molar-refractivity contribution >= 4 is 6.09 Å². The molecule has 0 aromatic heterocycles. The van der Waals surface area contributed by atoms with Crippen LogP contribution in [0.25, 0.3) is 0 Å². The molecule has 0 aliphatic heterocycles. The smallest absolute Gasteiger partial charge is 0.416 e. The van der Waals surface area contributed by atoms with Crippen LogP contribution in [-0.4, -0.2) is 34.3 Å². The molecule has 0 heterocycles. The highest BCUT2D eigenvalue weighted by atomic mass is 19.4. The van der Waals surface area contributed by atoms with E-state index < -0.39 is 22.9 Å². The number of alkyl halides is 3. The number of nitrogens with zero attached hydrogens (tertiary/aromatic N) is 1. The van der Waals surface area contributed by atoms with Gasteiger partial charge in [-0.05, 0) is 78.6 Å². The summed E-state index contributed by atoms with van der Waals surface area (Å²) in [4.78, 5) is 14.5. The number of hydrogen-bond donors (Lipinski definition) is 0. The van der Waals surface area contributed by atoms with E-state index >= 15 is 0 Å². The van der Waals surface area contributed by atoms with E-state index in [-0.39, 0.29) is 18.2 Å². The average Bonchev–Trinajstić information content (AvgIpc) is 2.91. The molecule has 1 amide bonds. The number of carbonyl (C=O) groups is 1. The summed E-state index contributed by atoms with van der Waals surface area (Å²) in [6, 6.07) is 4.67. The van der Waals surface area contributed by atoms with E-state index in [0.717, 1.165) is 25.0 Å². The van der Waals surface area contributed by atoms with Crippen molar-refractivity contribution in [2.45, 2.75) is 90.3 Å². The van der Waals surface area contributed by atoms with Crippen LogP contribution in [0.15, 0.2) is 24.3 Å². The Morgan fingerprint density at radius 2 is 1.57 bits per heavy atom. The average molecular weight is 401 g/mol. The zero-order valence-electron chi connectivity index (χ0n) is 17.4. The molecule has 0 radical (unpaired) electrons. The summed E-state index contributed by atoms with van der Waals surface area (Å²) in [5.74, 6) is 0.401. The van der Waals surface area contributed by atoms with E-state index in [1.165, 1.54) is 12.1 Å². The van der Waals surface area contributed by atoms with Crippen LogP contribution >= 0.6 is 0 Å². The quantitative estimate of drug-likeness (QED) is 0.620. The van der Waals surface area contributed by atoms with Gasteiger partial charge >= 0.3 is 12.3 Å². The molecule has 1 fully saturated rings. The standard InChI is InChI=1S/C21H30F3NO3/c1-19(2,3)25(18(26)28-20(4,5)6)15-9-12-17(13-15)27-16-10-7-14(8-11-16)21(22,23)24/h7-8,10-11,15,17H,9,12-13H2,1-6H3. The Kier molecular flexibility index (Phi) is 6.26. The minimum atomic E-state index is -4.36. The zero-order chi connectivity index (χ0) is 21.3. The molecule has 0 bridgehead atoms. The van der Waals surface area contributed by atoms with Crippen molar-refractivity contribution in [3.63, 3.8) is 0 Å². The SMILES string of the molecule is CC(C)(C)OC(=O)N(C1CCC(Oc2ccc(C(F)(F)F)cc2)C1)C(C)(C)C. The summed E-state index contributed by atoms with van der Waals surface area (Å²) >= 11 is 0. The van der Waals surface area contributed by atoms with Gasteiger partial charge in [0.25, 0.3) is 0 Å². The van der Waals surface area contributed by atoms with Crippen molar-refractivity contribution in [3.05, 3.63) is 29.8 Å². The number of amides is 1. The van der Waals surface area contributed by atoms with E-state index in [4.69, 9.17) is 9.47 Å². The predicted octanol–water partition coefficient (Wildman–Crippen LogP) is 6.04. The molecule has 2 unspecified atom stereocenters. The summed E-state index contributed by atoms with van der Waals surface area (Å²) < 4.78 is 49.5. The Morgan fingerprint density at radius 3 is 2.04 bits per heavy atom. The van der Waals surface area contributed by atoms with Gasteiger partial charge in [0.05, 0.1) is 5.56 Å². The Labute approximate surface area is 165 Å². The fraction of sp³-hybridized carbons (Fsp3) is 0.667. The molecular weight excluding hydrogens is 371 g/mol. The molecule has 0 N–H and O–H groups in total. The summed E-state index contributed by atoms with van der Waals surface area (Å²) in [6.45, 7) is 11.4. The third kappa shape index (κ3) is 6.04. The third-order valence-electron chi connectivity index (χ3n) is 4.52. The number of benzene rings is 1. The van der Waals surface area contributed by atoms with Gasteiger partial charge in [-0.2, -0.15) is 13.2 Å². The van der Waals surface area contributed by atoms with Crippen molar-refractivity contribution in [3.8, 4) is 5.75 Å². The molecule has 158 valence electrons.